The lowest BCUT2D eigenvalue weighted by atomic mass is 9.92. The molecule has 6 amide bonds. The minimum absolute atomic E-state index is 0.0887. The number of aliphatic hydroxyl groups excluding tert-OH is 13. The fraction of sp³-hybridized carbons (Fsp3) is 0.610. The molecule has 2 aromatic rings. The van der Waals surface area contributed by atoms with Crippen LogP contribution in [0.1, 0.15) is 37.8 Å². The van der Waals surface area contributed by atoms with Gasteiger partial charge in [-0.3, -0.25) is 38.8 Å². The van der Waals surface area contributed by atoms with E-state index in [1.54, 1.807) is 44.2 Å². The fourth-order valence-corrected chi connectivity index (χ4v) is 11.7. The normalized spacial score (nSPS) is 36.1. The Hall–Kier alpha value is -7.87. The van der Waals surface area contributed by atoms with Crippen molar-refractivity contribution >= 4 is 53.3 Å². The Kier molecular flexibility index (Phi) is 25.6. The molecule has 0 radical (unpaired) electrons. The SMILES string of the molecule is C/C=C(\C)C(=O)O[C@H]1[C@H](O)[C@H](O)[C@@H](O[C@H]2[C@H](O)[C@H](O)[C@@H](Oc3ccc(C[C@H]4NC(=O)[C@H](C(C)c5ccccc5)NC(=O)CNC(=O)[C@H](CO)NC(=O)[C@@H](C(O)C5CN=C(N)N5[C@H]5O[C@H](CO)[C@@H](O)[C@H](O)[C@@H]5O)NC(=O)[C@H](C(O)C5CN=C(N)N5)NC4=O)cc3)O[C@@H]2CO)O[C@@H]1CO. The van der Waals surface area contributed by atoms with Gasteiger partial charge in [-0.1, -0.05) is 55.5 Å². The van der Waals surface area contributed by atoms with Crippen LogP contribution in [0.2, 0.25) is 0 Å². The number of aliphatic imine (C=N–C) groups is 2. The molecule has 0 spiro atoms. The maximum atomic E-state index is 15.2. The molecule has 25 atom stereocenters. The lowest BCUT2D eigenvalue weighted by Gasteiger charge is -2.46. The quantitative estimate of drug-likeness (QED) is 0.0459. The number of nitrogens with zero attached hydrogens (tertiary/aromatic N) is 3. The van der Waals surface area contributed by atoms with Crippen molar-refractivity contribution in [2.24, 2.45) is 21.5 Å². The minimum atomic E-state index is -2.36. The smallest absolute Gasteiger partial charge is 0.333 e. The van der Waals surface area contributed by atoms with Crippen LogP contribution < -0.4 is 53.4 Å². The average molecular weight is 1380 g/mol. The van der Waals surface area contributed by atoms with E-state index in [-0.39, 0.29) is 29.4 Å². The van der Waals surface area contributed by atoms with Crippen molar-refractivity contribution < 1.29 is 128 Å². The third-order valence-electron chi connectivity index (χ3n) is 17.5. The maximum Gasteiger partial charge on any atom is 0.333 e. The first-order chi connectivity index (χ1) is 46.1. The van der Waals surface area contributed by atoms with Crippen LogP contribution in [-0.4, -0.2) is 317 Å². The highest BCUT2D eigenvalue weighted by atomic mass is 16.7. The zero-order chi connectivity index (χ0) is 70.9. The van der Waals surface area contributed by atoms with Gasteiger partial charge < -0.3 is 148 Å². The van der Waals surface area contributed by atoms with Crippen molar-refractivity contribution in [3.63, 3.8) is 0 Å². The summed E-state index contributed by atoms with van der Waals surface area (Å²) < 4.78 is 34.1. The van der Waals surface area contributed by atoms with Gasteiger partial charge >= 0.3 is 5.97 Å². The molecule has 0 aliphatic carbocycles. The van der Waals surface area contributed by atoms with Gasteiger partial charge in [-0.2, -0.15) is 0 Å². The number of esters is 1. The zero-order valence-electron chi connectivity index (χ0n) is 52.5. The number of aliphatic hydroxyl groups is 13. The van der Waals surface area contributed by atoms with Crippen LogP contribution in [0, 0.1) is 0 Å². The third-order valence-corrected chi connectivity index (χ3v) is 17.5. The van der Waals surface area contributed by atoms with E-state index in [1.165, 1.54) is 37.3 Å². The molecule has 4 saturated heterocycles. The van der Waals surface area contributed by atoms with Crippen LogP contribution >= 0.6 is 0 Å². The predicted molar refractivity (Wildman–Crippen MR) is 326 cm³/mol. The Labute approximate surface area is 552 Å². The molecule has 6 aliphatic heterocycles. The summed E-state index contributed by atoms with van der Waals surface area (Å²) >= 11 is 0. The number of hydrogen-bond acceptors (Lipinski definition) is 32. The van der Waals surface area contributed by atoms with Gasteiger partial charge in [-0.25, -0.2) is 4.79 Å². The van der Waals surface area contributed by atoms with Crippen LogP contribution in [-0.2, 0) is 63.7 Å². The minimum Gasteiger partial charge on any atom is -0.462 e. The number of guanidine groups is 2. The number of nitrogens with one attached hydrogen (secondary N) is 7. The molecule has 6 aliphatic rings. The van der Waals surface area contributed by atoms with Crippen molar-refractivity contribution in [2.75, 3.05) is 46.1 Å². The van der Waals surface area contributed by atoms with Gasteiger partial charge in [-0.15, -0.1) is 0 Å². The molecular formula is C59H84N12O26. The Bertz CT molecular complexity index is 3170. The van der Waals surface area contributed by atoms with E-state index in [9.17, 15) is 90.4 Å². The Balaban J connectivity index is 1.08. The third kappa shape index (κ3) is 17.2. The van der Waals surface area contributed by atoms with Crippen molar-refractivity contribution in [1.29, 1.82) is 0 Å². The van der Waals surface area contributed by atoms with Gasteiger partial charge in [0.05, 0.1) is 58.1 Å². The number of nitrogens with two attached hydrogens (primary N) is 2. The highest BCUT2D eigenvalue weighted by Gasteiger charge is 2.55. The van der Waals surface area contributed by atoms with E-state index in [0.717, 1.165) is 4.90 Å². The molecule has 24 N–H and O–H groups in total. The van der Waals surface area contributed by atoms with Crippen molar-refractivity contribution in [2.45, 2.75) is 180 Å². The lowest BCUT2D eigenvalue weighted by Crippen LogP contribution is -2.70. The van der Waals surface area contributed by atoms with E-state index in [1.807, 2.05) is 0 Å². The van der Waals surface area contributed by atoms with Crippen LogP contribution in [0.4, 0.5) is 0 Å². The second-order valence-corrected chi connectivity index (χ2v) is 23.9. The van der Waals surface area contributed by atoms with Gasteiger partial charge in [0.1, 0.15) is 115 Å². The second-order valence-electron chi connectivity index (χ2n) is 23.9. The molecule has 5 unspecified atom stereocenters. The van der Waals surface area contributed by atoms with Crippen molar-refractivity contribution in [3.05, 3.63) is 77.4 Å². The molecule has 0 aromatic heterocycles. The molecule has 2 aromatic carbocycles. The highest BCUT2D eigenvalue weighted by molar-refractivity contribution is 5.98. The first kappa shape index (κ1) is 74.9. The number of ether oxygens (including phenoxy) is 6. The second kappa shape index (κ2) is 33.1. The maximum absolute atomic E-state index is 15.2. The molecule has 0 bridgehead atoms. The van der Waals surface area contributed by atoms with E-state index in [4.69, 9.17) is 39.9 Å². The monoisotopic (exact) mass is 1380 g/mol. The molecule has 0 saturated carbocycles. The summed E-state index contributed by atoms with van der Waals surface area (Å²) in [5.41, 5.74) is 13.0. The fourth-order valence-electron chi connectivity index (χ4n) is 11.7. The molecule has 8 rings (SSSR count). The largest absolute Gasteiger partial charge is 0.462 e. The molecule has 6 heterocycles. The van der Waals surface area contributed by atoms with Crippen LogP contribution in [0.3, 0.4) is 0 Å². The summed E-state index contributed by atoms with van der Waals surface area (Å²) in [4.78, 5) is 109. The van der Waals surface area contributed by atoms with Gasteiger partial charge in [-0.05, 0) is 37.1 Å². The highest BCUT2D eigenvalue weighted by Crippen LogP contribution is 2.33. The van der Waals surface area contributed by atoms with Crippen LogP contribution in [0.15, 0.2) is 76.2 Å². The number of allylic oxidation sites excluding steroid dienone is 1. The Morgan fingerprint density at radius 3 is 1.85 bits per heavy atom. The van der Waals surface area contributed by atoms with E-state index >= 15 is 9.59 Å². The molecular weight excluding hydrogens is 1290 g/mol. The summed E-state index contributed by atoms with van der Waals surface area (Å²) in [6.07, 6.45) is -30.6. The summed E-state index contributed by atoms with van der Waals surface area (Å²) in [6.45, 7) is -1.09. The first-order valence-corrected chi connectivity index (χ1v) is 30.9. The average Bonchev–Trinajstić information content (AvgIpc) is 1.77. The van der Waals surface area contributed by atoms with Gasteiger partial charge in [0, 0.05) is 17.9 Å². The topological polar surface area (TPSA) is 602 Å². The summed E-state index contributed by atoms with van der Waals surface area (Å²) in [7, 11) is 0. The van der Waals surface area contributed by atoms with Gasteiger partial charge in [0.25, 0.3) is 0 Å². The number of hydrogen-bond donors (Lipinski definition) is 22. The summed E-state index contributed by atoms with van der Waals surface area (Å²) in [6, 6.07) is 0.712. The standard InChI is InChI=1S/C59H84N12O26/c1-4-22(2)55(91)96-47-32(20-74)95-57(46(85)42(47)81)97-48-33(21-75)94-56(45(84)43(48)82)92-26-12-10-24(11-13-26)14-27-50(87)69-36(38(77)28-15-63-58(60)67-28)53(90)70-37(39(78)30-16-64-59(61)71(30)54-44(83)41(80)40(79)31(19-73)93-54)52(89)66-29(18-72)49(86)62-17-34(76)68-35(51(88)65-27)23(3)25-8-6-5-7-9-25/h4-13,23,27-33,35-48,54,56-57,72-75,77-85H,14-21H2,1-3H3,(H2,61,64)(H,62,86)(H,65,88)(H,66,89)(H,68,76)(H,69,87)(H,70,90)(H3,60,63,67)/b22-4+/t23?,27-,28?,29+,30?,31-,32-,33-,35+,36+,37-,38?,39?,40-,41+,42-,43-,44+,45+,46+,47-,48-,54+,56+,57-/m1/s1. The number of carbonyl (C=O) groups excluding carboxylic acids is 7. The van der Waals surface area contributed by atoms with Crippen LogP contribution in [0.5, 0.6) is 5.75 Å². The molecule has 38 heteroatoms. The number of rotatable bonds is 19. The molecule has 4 fully saturated rings. The summed E-state index contributed by atoms with van der Waals surface area (Å²) in [5, 5.41) is 160. The van der Waals surface area contributed by atoms with Gasteiger partial charge in [0.15, 0.2) is 30.5 Å². The number of amides is 6. The molecule has 536 valence electrons. The zero-order valence-corrected chi connectivity index (χ0v) is 52.5. The summed E-state index contributed by atoms with van der Waals surface area (Å²) in [5.74, 6) is -9.96. The molecule has 38 nitrogen and oxygen atoms in total. The Morgan fingerprint density at radius 1 is 0.629 bits per heavy atom. The number of benzene rings is 2. The first-order valence-electron chi connectivity index (χ1n) is 30.9. The molecule has 97 heavy (non-hydrogen) atoms. The van der Waals surface area contributed by atoms with Gasteiger partial charge in [0.2, 0.25) is 41.7 Å². The van der Waals surface area contributed by atoms with Crippen molar-refractivity contribution in [3.8, 4) is 5.75 Å². The Morgan fingerprint density at radius 2 is 1.22 bits per heavy atom. The van der Waals surface area contributed by atoms with E-state index in [2.05, 4.69) is 47.2 Å². The van der Waals surface area contributed by atoms with E-state index in [0.29, 0.717) is 5.56 Å². The van der Waals surface area contributed by atoms with Crippen molar-refractivity contribution in [1.82, 2.24) is 42.1 Å². The lowest BCUT2D eigenvalue weighted by molar-refractivity contribution is -0.352. The predicted octanol–water partition coefficient (Wildman–Crippen LogP) is -12.1. The van der Waals surface area contributed by atoms with E-state index < -0.39 is 246 Å². The van der Waals surface area contributed by atoms with Crippen LogP contribution in [0.25, 0.3) is 0 Å². The number of carbonyl (C=O) groups is 7.